The molecule has 1 saturated carbocycles. The van der Waals surface area contributed by atoms with Gasteiger partial charge in [0.05, 0.1) is 13.2 Å². The third kappa shape index (κ3) is 1.18. The average molecular weight is 292 g/mol. The first-order chi connectivity index (χ1) is 10.8. The number of benzene rings is 2. The summed E-state index contributed by atoms with van der Waals surface area (Å²) in [5.74, 6) is 0.562. The smallest absolute Gasteiger partial charge is 0.0502 e. The molecule has 0 aromatic heterocycles. The van der Waals surface area contributed by atoms with Crippen molar-refractivity contribution in [3.05, 3.63) is 70.8 Å². The van der Waals surface area contributed by atoms with E-state index in [-0.39, 0.29) is 35.9 Å². The summed E-state index contributed by atoms with van der Waals surface area (Å²) in [6.07, 6.45) is 1.87. The number of hydrogen-bond acceptors (Lipinski definition) is 2. The van der Waals surface area contributed by atoms with Crippen molar-refractivity contribution in [3.8, 4) is 0 Å². The van der Waals surface area contributed by atoms with E-state index in [0.717, 1.165) is 12.8 Å². The summed E-state index contributed by atoms with van der Waals surface area (Å²) in [6, 6.07) is 17.1. The molecule has 22 heavy (non-hydrogen) atoms. The van der Waals surface area contributed by atoms with Crippen molar-refractivity contribution in [1.82, 2.24) is 0 Å². The molecule has 5 rings (SSSR count). The van der Waals surface area contributed by atoms with Gasteiger partial charge in [-0.3, -0.25) is 0 Å². The first-order valence-electron chi connectivity index (χ1n) is 8.14. The van der Waals surface area contributed by atoms with Crippen LogP contribution in [0.5, 0.6) is 0 Å². The van der Waals surface area contributed by atoms with Gasteiger partial charge in [-0.1, -0.05) is 48.5 Å². The maximum atomic E-state index is 10.3. The first kappa shape index (κ1) is 12.9. The molecule has 0 saturated heterocycles. The quantitative estimate of drug-likeness (QED) is 0.893. The molecule has 2 heteroatoms. The van der Waals surface area contributed by atoms with Crippen molar-refractivity contribution in [2.24, 2.45) is 10.8 Å². The van der Waals surface area contributed by atoms with Gasteiger partial charge in [-0.05, 0) is 35.1 Å². The lowest BCUT2D eigenvalue weighted by molar-refractivity contribution is -0.140. The van der Waals surface area contributed by atoms with E-state index in [1.54, 1.807) is 0 Å². The van der Waals surface area contributed by atoms with Crippen LogP contribution in [-0.4, -0.2) is 23.4 Å². The summed E-state index contributed by atoms with van der Waals surface area (Å²) in [4.78, 5) is 0. The van der Waals surface area contributed by atoms with Crippen LogP contribution in [0.2, 0.25) is 0 Å². The Balaban J connectivity index is 1.74. The molecule has 112 valence electrons. The van der Waals surface area contributed by atoms with Crippen LogP contribution in [0.15, 0.2) is 48.5 Å². The van der Waals surface area contributed by atoms with Crippen molar-refractivity contribution in [3.63, 3.8) is 0 Å². The molecule has 0 bridgehead atoms. The Morgan fingerprint density at radius 1 is 0.727 bits per heavy atom. The zero-order chi connectivity index (χ0) is 14.9. The molecule has 2 aromatic rings. The SMILES string of the molecule is OCC12Cc3ccccc3C1C1(CO)Cc3ccccc3C21. The van der Waals surface area contributed by atoms with E-state index >= 15 is 0 Å². The Morgan fingerprint density at radius 3 is 1.55 bits per heavy atom. The van der Waals surface area contributed by atoms with E-state index in [4.69, 9.17) is 0 Å². The van der Waals surface area contributed by atoms with E-state index in [1.165, 1.54) is 22.3 Å². The monoisotopic (exact) mass is 292 g/mol. The van der Waals surface area contributed by atoms with Crippen molar-refractivity contribution >= 4 is 0 Å². The zero-order valence-corrected chi connectivity index (χ0v) is 12.5. The topological polar surface area (TPSA) is 40.5 Å². The predicted molar refractivity (Wildman–Crippen MR) is 84.8 cm³/mol. The molecular formula is C20H20O2. The van der Waals surface area contributed by atoms with Crippen molar-refractivity contribution in [1.29, 1.82) is 0 Å². The summed E-state index contributed by atoms with van der Waals surface area (Å²) in [5.41, 5.74) is 5.21. The maximum Gasteiger partial charge on any atom is 0.0502 e. The van der Waals surface area contributed by atoms with Gasteiger partial charge >= 0.3 is 0 Å². The van der Waals surface area contributed by atoms with Gasteiger partial charge in [0.2, 0.25) is 0 Å². The fourth-order valence-electron chi connectivity index (χ4n) is 6.17. The highest BCUT2D eigenvalue weighted by atomic mass is 16.3. The number of aliphatic hydroxyl groups excluding tert-OH is 2. The second-order valence-corrected chi connectivity index (χ2v) is 7.40. The Morgan fingerprint density at radius 2 is 1.14 bits per heavy atom. The number of aliphatic hydroxyl groups is 2. The van der Waals surface area contributed by atoms with E-state index in [1.807, 2.05) is 0 Å². The van der Waals surface area contributed by atoms with E-state index in [2.05, 4.69) is 48.5 Å². The van der Waals surface area contributed by atoms with Crippen LogP contribution in [0.4, 0.5) is 0 Å². The molecule has 2 aromatic carbocycles. The summed E-state index contributed by atoms with van der Waals surface area (Å²) in [6.45, 7) is 0.403. The number of hydrogen-bond donors (Lipinski definition) is 2. The van der Waals surface area contributed by atoms with Crippen LogP contribution in [0.25, 0.3) is 0 Å². The maximum absolute atomic E-state index is 10.3. The minimum absolute atomic E-state index is 0.112. The molecular weight excluding hydrogens is 272 g/mol. The summed E-state index contributed by atoms with van der Waals surface area (Å²) in [5, 5.41) is 20.6. The number of rotatable bonds is 2. The van der Waals surface area contributed by atoms with Crippen LogP contribution in [-0.2, 0) is 12.8 Å². The summed E-state index contributed by atoms with van der Waals surface area (Å²) in [7, 11) is 0. The lowest BCUT2D eigenvalue weighted by Crippen LogP contribution is -2.61. The van der Waals surface area contributed by atoms with Gasteiger partial charge in [-0.2, -0.15) is 0 Å². The molecule has 1 fully saturated rings. The highest BCUT2D eigenvalue weighted by molar-refractivity contribution is 5.56. The minimum Gasteiger partial charge on any atom is -0.396 e. The van der Waals surface area contributed by atoms with Gasteiger partial charge in [0.1, 0.15) is 0 Å². The van der Waals surface area contributed by atoms with Crippen LogP contribution in [0, 0.1) is 10.8 Å². The second-order valence-electron chi connectivity index (χ2n) is 7.40. The predicted octanol–water partition coefficient (Wildman–Crippen LogP) is 2.64. The van der Waals surface area contributed by atoms with Crippen LogP contribution in [0.1, 0.15) is 34.1 Å². The molecule has 2 nitrogen and oxygen atoms in total. The van der Waals surface area contributed by atoms with Crippen molar-refractivity contribution < 1.29 is 10.2 Å². The average Bonchev–Trinajstić information content (AvgIpc) is 3.01. The highest BCUT2D eigenvalue weighted by Crippen LogP contribution is 2.79. The lowest BCUT2D eigenvalue weighted by atomic mass is 9.40. The molecule has 0 atom stereocenters. The third-order valence-corrected chi connectivity index (χ3v) is 6.66. The second kappa shape index (κ2) is 4.01. The van der Waals surface area contributed by atoms with Crippen molar-refractivity contribution in [2.75, 3.05) is 13.2 Å². The van der Waals surface area contributed by atoms with Crippen LogP contribution < -0.4 is 0 Å². The van der Waals surface area contributed by atoms with E-state index in [9.17, 15) is 10.2 Å². The fraction of sp³-hybridized carbons (Fsp3) is 0.400. The normalized spacial score (nSPS) is 37.0. The van der Waals surface area contributed by atoms with Gasteiger partial charge in [-0.25, -0.2) is 0 Å². The van der Waals surface area contributed by atoms with Crippen LogP contribution in [0.3, 0.4) is 0 Å². The summed E-state index contributed by atoms with van der Waals surface area (Å²) >= 11 is 0. The zero-order valence-electron chi connectivity index (χ0n) is 12.5. The van der Waals surface area contributed by atoms with Crippen molar-refractivity contribution in [2.45, 2.75) is 24.7 Å². The first-order valence-corrected chi connectivity index (χ1v) is 8.14. The molecule has 3 aliphatic rings. The van der Waals surface area contributed by atoms with E-state index < -0.39 is 0 Å². The van der Waals surface area contributed by atoms with Gasteiger partial charge < -0.3 is 10.2 Å². The molecule has 0 spiro atoms. The van der Waals surface area contributed by atoms with Crippen LogP contribution >= 0.6 is 0 Å². The number of fused-ring (bicyclic) bond motifs is 8. The largest absolute Gasteiger partial charge is 0.396 e. The highest BCUT2D eigenvalue weighted by Gasteiger charge is 2.75. The molecule has 3 aliphatic carbocycles. The van der Waals surface area contributed by atoms with Gasteiger partial charge in [0.15, 0.2) is 0 Å². The minimum atomic E-state index is -0.112. The molecule has 0 aliphatic heterocycles. The molecule has 0 unspecified atom stereocenters. The van der Waals surface area contributed by atoms with E-state index in [0.29, 0.717) is 0 Å². The summed E-state index contributed by atoms with van der Waals surface area (Å²) < 4.78 is 0. The van der Waals surface area contributed by atoms with Gasteiger partial charge in [0.25, 0.3) is 0 Å². The molecule has 2 N–H and O–H groups in total. The Labute approximate surface area is 130 Å². The molecule has 0 heterocycles. The lowest BCUT2D eigenvalue weighted by Gasteiger charge is -2.63. The third-order valence-electron chi connectivity index (χ3n) is 6.66. The Hall–Kier alpha value is -1.64. The Kier molecular flexibility index (Phi) is 2.34. The Bertz CT molecular complexity index is 690. The molecule has 0 amide bonds. The van der Waals surface area contributed by atoms with Gasteiger partial charge in [-0.15, -0.1) is 0 Å². The fourth-order valence-corrected chi connectivity index (χ4v) is 6.17. The standard InChI is InChI=1S/C20H20O2/c21-11-19-9-13-5-1-3-7-15(13)17(19)20(12-22)10-14-6-2-4-8-16(14)18(19)20/h1-8,17-18,21-22H,9-12H2. The van der Waals surface area contributed by atoms with Gasteiger partial charge in [0, 0.05) is 22.7 Å². The molecule has 0 radical (unpaired) electrons.